The van der Waals surface area contributed by atoms with Gasteiger partial charge in [0, 0.05) is 49.2 Å². The fourth-order valence-corrected chi connectivity index (χ4v) is 2.45. The maximum Gasteiger partial charge on any atom is 0.224 e. The Bertz CT molecular complexity index is 989. The molecule has 1 aromatic carbocycles. The molecule has 3 aromatic rings. The molecule has 0 radical (unpaired) electrons. The van der Waals surface area contributed by atoms with Crippen LogP contribution in [-0.2, 0) is 0 Å². The van der Waals surface area contributed by atoms with E-state index in [1.165, 1.54) is 6.07 Å². The molecule has 0 aliphatic heterocycles. The fraction of sp³-hybridized carbons (Fsp3) is 0.111. The smallest absolute Gasteiger partial charge is 0.224 e. The first-order valence-electron chi connectivity index (χ1n) is 7.56. The van der Waals surface area contributed by atoms with Gasteiger partial charge in [-0.25, -0.2) is 23.7 Å². The van der Waals surface area contributed by atoms with Gasteiger partial charge in [0.05, 0.1) is 5.69 Å². The Kier molecular flexibility index (Phi) is 4.45. The van der Waals surface area contributed by atoms with Gasteiger partial charge in [-0.05, 0) is 18.2 Å². The normalized spacial score (nSPS) is 10.4. The third-order valence-electron chi connectivity index (χ3n) is 3.67. The minimum Gasteiger partial charge on any atom is -0.383 e. The van der Waals surface area contributed by atoms with E-state index >= 15 is 0 Å². The zero-order valence-corrected chi connectivity index (χ0v) is 14.0. The molecule has 3 rings (SSSR count). The van der Waals surface area contributed by atoms with Gasteiger partial charge in [0.25, 0.3) is 0 Å². The molecular weight excluding hydrogens is 338 g/mol. The van der Waals surface area contributed by atoms with E-state index in [1.54, 1.807) is 31.4 Å². The molecule has 26 heavy (non-hydrogen) atoms. The van der Waals surface area contributed by atoms with E-state index in [1.807, 2.05) is 6.07 Å². The molecule has 0 atom stereocenters. The number of nitrogens with zero attached hydrogens (tertiary/aromatic N) is 5. The Morgan fingerprint density at radius 1 is 1.00 bits per heavy atom. The molecule has 0 unspecified atom stereocenters. The zero-order valence-electron chi connectivity index (χ0n) is 14.0. The number of nitriles is 1. The van der Waals surface area contributed by atoms with Crippen molar-refractivity contribution in [3.63, 3.8) is 0 Å². The first kappa shape index (κ1) is 17.2. The van der Waals surface area contributed by atoms with E-state index in [-0.39, 0.29) is 22.6 Å². The lowest BCUT2D eigenvalue weighted by Crippen LogP contribution is -2.12. The molecule has 130 valence electrons. The number of aromatic nitrogens is 3. The van der Waals surface area contributed by atoms with Gasteiger partial charge in [-0.2, -0.15) is 5.26 Å². The minimum atomic E-state index is -0.732. The summed E-state index contributed by atoms with van der Waals surface area (Å²) in [5.41, 5.74) is 7.47. The van der Waals surface area contributed by atoms with Crippen molar-refractivity contribution in [2.45, 2.75) is 0 Å². The summed E-state index contributed by atoms with van der Waals surface area (Å²) in [6.45, 7) is 0. The fourth-order valence-electron chi connectivity index (χ4n) is 2.45. The van der Waals surface area contributed by atoms with E-state index < -0.39 is 11.6 Å². The quantitative estimate of drug-likeness (QED) is 0.779. The lowest BCUT2D eigenvalue weighted by molar-refractivity contribution is 0.584. The molecule has 2 heterocycles. The predicted molar refractivity (Wildman–Crippen MR) is 94.1 cm³/mol. The van der Waals surface area contributed by atoms with Crippen LogP contribution in [0.5, 0.6) is 0 Å². The van der Waals surface area contributed by atoms with Crippen molar-refractivity contribution in [3.05, 3.63) is 53.9 Å². The van der Waals surface area contributed by atoms with Crippen LogP contribution in [0.1, 0.15) is 5.56 Å². The van der Waals surface area contributed by atoms with Crippen LogP contribution in [0.3, 0.4) is 0 Å². The summed E-state index contributed by atoms with van der Waals surface area (Å²) in [5.74, 6) is -1.00. The Hall–Kier alpha value is -3.60. The average molecular weight is 352 g/mol. The van der Waals surface area contributed by atoms with Gasteiger partial charge in [0.1, 0.15) is 29.1 Å². The number of halogens is 2. The van der Waals surface area contributed by atoms with E-state index in [2.05, 4.69) is 15.0 Å². The number of rotatable bonds is 3. The van der Waals surface area contributed by atoms with Gasteiger partial charge < -0.3 is 10.6 Å². The first-order chi connectivity index (χ1) is 12.4. The maximum absolute atomic E-state index is 13.5. The molecule has 0 aliphatic carbocycles. The molecule has 6 nitrogen and oxygen atoms in total. The van der Waals surface area contributed by atoms with Gasteiger partial charge in [-0.1, -0.05) is 0 Å². The van der Waals surface area contributed by atoms with E-state index in [0.717, 1.165) is 18.2 Å². The highest BCUT2D eigenvalue weighted by Gasteiger charge is 2.15. The average Bonchev–Trinajstić information content (AvgIpc) is 2.60. The maximum atomic E-state index is 13.5. The topological polar surface area (TPSA) is 91.7 Å². The van der Waals surface area contributed by atoms with Gasteiger partial charge in [0.2, 0.25) is 5.95 Å². The number of pyridine rings is 1. The largest absolute Gasteiger partial charge is 0.383 e. The lowest BCUT2D eigenvalue weighted by Gasteiger charge is -2.12. The number of hydrogen-bond donors (Lipinski definition) is 1. The molecule has 0 spiro atoms. The SMILES string of the molecule is CN(C)c1ncc(-c2cc(-c3cc(F)cc(F)c3)nc(N)c2C#N)cn1. The van der Waals surface area contributed by atoms with Crippen LogP contribution in [0.4, 0.5) is 20.5 Å². The second kappa shape index (κ2) is 6.72. The van der Waals surface area contributed by atoms with Crippen molar-refractivity contribution in [1.29, 1.82) is 5.26 Å². The number of nitrogen functional groups attached to an aromatic ring is 1. The number of anilines is 2. The van der Waals surface area contributed by atoms with Gasteiger partial charge >= 0.3 is 0 Å². The molecule has 0 fully saturated rings. The third-order valence-corrected chi connectivity index (χ3v) is 3.67. The second-order valence-corrected chi connectivity index (χ2v) is 5.75. The minimum absolute atomic E-state index is 0.0404. The van der Waals surface area contributed by atoms with Gasteiger partial charge in [-0.3, -0.25) is 0 Å². The van der Waals surface area contributed by atoms with Crippen LogP contribution < -0.4 is 10.6 Å². The van der Waals surface area contributed by atoms with Crippen molar-refractivity contribution in [2.75, 3.05) is 24.7 Å². The van der Waals surface area contributed by atoms with Crippen LogP contribution in [0.15, 0.2) is 36.7 Å². The lowest BCUT2D eigenvalue weighted by atomic mass is 10.0. The Labute approximate surface area is 148 Å². The van der Waals surface area contributed by atoms with Crippen molar-refractivity contribution in [3.8, 4) is 28.5 Å². The standard InChI is InChI=1S/C18H14F2N6/c1-26(2)18-23-8-11(9-24-18)14-6-16(25-17(22)15(14)7-21)10-3-12(19)5-13(20)4-10/h3-6,8-9H,1-2H3,(H2,22,25). The molecule has 0 aliphatic rings. The Balaban J connectivity index is 2.18. The summed E-state index contributed by atoms with van der Waals surface area (Å²) in [7, 11) is 3.60. The molecule has 8 heteroatoms. The highest BCUT2D eigenvalue weighted by Crippen LogP contribution is 2.31. The first-order valence-corrected chi connectivity index (χ1v) is 7.56. The highest BCUT2D eigenvalue weighted by molar-refractivity contribution is 5.79. The highest BCUT2D eigenvalue weighted by atomic mass is 19.1. The van der Waals surface area contributed by atoms with Crippen molar-refractivity contribution < 1.29 is 8.78 Å². The summed E-state index contributed by atoms with van der Waals surface area (Å²) >= 11 is 0. The van der Waals surface area contributed by atoms with Crippen LogP contribution in [0, 0.1) is 23.0 Å². The molecular formula is C18H14F2N6. The molecule has 2 N–H and O–H groups in total. The zero-order chi connectivity index (χ0) is 18.8. The molecule has 2 aromatic heterocycles. The molecule has 0 saturated heterocycles. The molecule has 0 saturated carbocycles. The second-order valence-electron chi connectivity index (χ2n) is 5.75. The monoisotopic (exact) mass is 352 g/mol. The van der Waals surface area contributed by atoms with Crippen molar-refractivity contribution >= 4 is 11.8 Å². The number of nitrogens with two attached hydrogens (primary N) is 1. The summed E-state index contributed by atoms with van der Waals surface area (Å²) in [6, 6.07) is 6.60. The van der Waals surface area contributed by atoms with Gasteiger partial charge in [0.15, 0.2) is 0 Å². The number of benzene rings is 1. The molecule has 0 bridgehead atoms. The van der Waals surface area contributed by atoms with Crippen LogP contribution in [0.25, 0.3) is 22.4 Å². The summed E-state index contributed by atoms with van der Waals surface area (Å²) in [4.78, 5) is 14.3. The molecule has 0 amide bonds. The summed E-state index contributed by atoms with van der Waals surface area (Å²) in [5, 5.41) is 9.41. The predicted octanol–water partition coefficient (Wildman–Crippen LogP) is 3.00. The van der Waals surface area contributed by atoms with E-state index in [0.29, 0.717) is 17.1 Å². The van der Waals surface area contributed by atoms with Crippen molar-refractivity contribution in [2.24, 2.45) is 0 Å². The van der Waals surface area contributed by atoms with Crippen LogP contribution in [0.2, 0.25) is 0 Å². The van der Waals surface area contributed by atoms with Crippen LogP contribution >= 0.6 is 0 Å². The Morgan fingerprint density at radius 2 is 1.62 bits per heavy atom. The number of hydrogen-bond acceptors (Lipinski definition) is 6. The summed E-state index contributed by atoms with van der Waals surface area (Å²) in [6.07, 6.45) is 3.10. The van der Waals surface area contributed by atoms with E-state index in [9.17, 15) is 14.0 Å². The van der Waals surface area contributed by atoms with E-state index in [4.69, 9.17) is 5.73 Å². The third kappa shape index (κ3) is 3.28. The van der Waals surface area contributed by atoms with Crippen LogP contribution in [-0.4, -0.2) is 29.0 Å². The van der Waals surface area contributed by atoms with Crippen molar-refractivity contribution in [1.82, 2.24) is 15.0 Å². The van der Waals surface area contributed by atoms with Gasteiger partial charge in [-0.15, -0.1) is 0 Å². The Morgan fingerprint density at radius 3 is 2.15 bits per heavy atom. The summed E-state index contributed by atoms with van der Waals surface area (Å²) < 4.78 is 27.1.